The molecule has 2 saturated carbocycles. The van der Waals surface area contributed by atoms with Gasteiger partial charge in [0.25, 0.3) is 0 Å². The third-order valence-corrected chi connectivity index (χ3v) is 7.42. The van der Waals surface area contributed by atoms with Gasteiger partial charge in [0.2, 0.25) is 0 Å². The van der Waals surface area contributed by atoms with Crippen molar-refractivity contribution in [1.82, 2.24) is 30.0 Å². The molecule has 3 fully saturated rings. The first-order valence-corrected chi connectivity index (χ1v) is 11.7. The van der Waals surface area contributed by atoms with Crippen LogP contribution in [0.2, 0.25) is 0 Å². The molecule has 0 amide bonds. The van der Waals surface area contributed by atoms with Gasteiger partial charge in [0.15, 0.2) is 5.82 Å². The number of benzene rings is 1. The molecule has 7 heteroatoms. The lowest BCUT2D eigenvalue weighted by atomic mass is 10.0. The maximum atomic E-state index is 5.40. The predicted octanol–water partition coefficient (Wildman–Crippen LogP) is 3.45. The van der Waals surface area contributed by atoms with Gasteiger partial charge in [0, 0.05) is 32.2 Å². The molecule has 0 unspecified atom stereocenters. The monoisotopic (exact) mass is 410 g/mol. The van der Waals surface area contributed by atoms with E-state index in [-0.39, 0.29) is 6.04 Å². The van der Waals surface area contributed by atoms with Crippen molar-refractivity contribution in [2.45, 2.75) is 69.5 Å². The van der Waals surface area contributed by atoms with Gasteiger partial charge in [0.1, 0.15) is 5.75 Å². The number of rotatable bonds is 6. The first-order chi connectivity index (χ1) is 14.8. The Labute approximate surface area is 179 Å². The minimum absolute atomic E-state index is 0.0947. The Morgan fingerprint density at radius 1 is 0.867 bits per heavy atom. The zero-order valence-electron chi connectivity index (χ0n) is 18.1. The van der Waals surface area contributed by atoms with E-state index >= 15 is 0 Å². The summed E-state index contributed by atoms with van der Waals surface area (Å²) in [7, 11) is 1.72. The Balaban J connectivity index is 1.41. The van der Waals surface area contributed by atoms with Crippen LogP contribution in [0.4, 0.5) is 0 Å². The summed E-state index contributed by atoms with van der Waals surface area (Å²) in [6.45, 7) is 4.40. The molecule has 1 aliphatic heterocycles. The molecule has 162 valence electrons. The Kier molecular flexibility index (Phi) is 6.00. The molecule has 5 rings (SSSR count). The highest BCUT2D eigenvalue weighted by Crippen LogP contribution is 2.35. The topological polar surface area (TPSA) is 59.3 Å². The second kappa shape index (κ2) is 9.02. The third kappa shape index (κ3) is 3.97. The Morgan fingerprint density at radius 2 is 1.50 bits per heavy atom. The second-order valence-electron chi connectivity index (χ2n) is 9.11. The van der Waals surface area contributed by atoms with E-state index in [1.165, 1.54) is 56.9 Å². The highest BCUT2D eigenvalue weighted by atomic mass is 16.5. The molecule has 0 spiro atoms. The van der Waals surface area contributed by atoms with Gasteiger partial charge in [-0.15, -0.1) is 5.10 Å². The normalized spacial score (nSPS) is 23.2. The van der Waals surface area contributed by atoms with Gasteiger partial charge < -0.3 is 4.74 Å². The van der Waals surface area contributed by atoms with Gasteiger partial charge in [-0.3, -0.25) is 9.80 Å². The number of hydrogen-bond acceptors (Lipinski definition) is 6. The quantitative estimate of drug-likeness (QED) is 0.727. The summed E-state index contributed by atoms with van der Waals surface area (Å²) in [5, 5.41) is 13.1. The lowest BCUT2D eigenvalue weighted by molar-refractivity contribution is 0.0764. The summed E-state index contributed by atoms with van der Waals surface area (Å²) in [6, 6.07) is 9.81. The summed E-state index contributed by atoms with van der Waals surface area (Å²) in [6.07, 6.45) is 10.5. The van der Waals surface area contributed by atoms with Crippen LogP contribution in [0.15, 0.2) is 24.3 Å². The largest absolute Gasteiger partial charge is 0.497 e. The van der Waals surface area contributed by atoms with Crippen LogP contribution in [0.25, 0.3) is 0 Å². The third-order valence-electron chi connectivity index (χ3n) is 7.42. The average molecular weight is 411 g/mol. The van der Waals surface area contributed by atoms with Gasteiger partial charge in [-0.1, -0.05) is 37.8 Å². The molecule has 30 heavy (non-hydrogen) atoms. The number of tetrazole rings is 1. The van der Waals surface area contributed by atoms with E-state index in [2.05, 4.69) is 54.3 Å². The van der Waals surface area contributed by atoms with Crippen LogP contribution in [-0.4, -0.2) is 69.3 Å². The molecule has 0 radical (unpaired) electrons. The number of hydrogen-bond donors (Lipinski definition) is 0. The predicted molar refractivity (Wildman–Crippen MR) is 116 cm³/mol. The van der Waals surface area contributed by atoms with Crippen molar-refractivity contribution in [1.29, 1.82) is 0 Å². The SMILES string of the molecule is COc1ccc([C@H](c2nnnn2C2CCCC2)N2CCN(C3CCCC3)CC2)cc1. The van der Waals surface area contributed by atoms with Gasteiger partial charge in [0.05, 0.1) is 19.2 Å². The van der Waals surface area contributed by atoms with Gasteiger partial charge in [-0.05, 0) is 53.8 Å². The number of piperazine rings is 1. The summed E-state index contributed by atoms with van der Waals surface area (Å²) in [5.74, 6) is 1.89. The summed E-state index contributed by atoms with van der Waals surface area (Å²) < 4.78 is 7.53. The van der Waals surface area contributed by atoms with E-state index in [4.69, 9.17) is 4.74 Å². The molecular weight excluding hydrogens is 376 g/mol. The molecule has 1 aromatic heterocycles. The molecule has 0 bridgehead atoms. The molecule has 2 heterocycles. The first-order valence-electron chi connectivity index (χ1n) is 11.7. The van der Waals surface area contributed by atoms with E-state index in [9.17, 15) is 0 Å². The summed E-state index contributed by atoms with van der Waals surface area (Å²) in [5.41, 5.74) is 1.25. The lowest BCUT2D eigenvalue weighted by Crippen LogP contribution is -2.51. The van der Waals surface area contributed by atoms with Crippen LogP contribution in [0.1, 0.15) is 74.8 Å². The average Bonchev–Trinajstić information content (AvgIpc) is 3.57. The number of ether oxygens (including phenoxy) is 1. The van der Waals surface area contributed by atoms with Crippen LogP contribution < -0.4 is 4.74 Å². The van der Waals surface area contributed by atoms with E-state index in [1.54, 1.807) is 7.11 Å². The van der Waals surface area contributed by atoms with Crippen molar-refractivity contribution in [2.24, 2.45) is 0 Å². The van der Waals surface area contributed by atoms with Crippen LogP contribution in [0, 0.1) is 0 Å². The second-order valence-corrected chi connectivity index (χ2v) is 9.11. The van der Waals surface area contributed by atoms with Gasteiger partial charge >= 0.3 is 0 Å². The fraction of sp³-hybridized carbons (Fsp3) is 0.696. The molecule has 3 aliphatic rings. The Hall–Kier alpha value is -1.99. The maximum absolute atomic E-state index is 5.40. The molecule has 1 saturated heterocycles. The van der Waals surface area contributed by atoms with E-state index < -0.39 is 0 Å². The summed E-state index contributed by atoms with van der Waals surface area (Å²) in [4.78, 5) is 5.30. The standard InChI is InChI=1S/C23H34N6O/c1-30-21-12-10-18(11-13-21)22(23-24-25-26-29(23)20-8-4-5-9-20)28-16-14-27(15-17-28)19-6-2-3-7-19/h10-13,19-20,22H,2-9,14-17H2,1H3/t22-/m1/s1. The molecule has 2 aliphatic carbocycles. The molecular formula is C23H34N6O. The van der Waals surface area contributed by atoms with Crippen LogP contribution in [0.5, 0.6) is 5.75 Å². The van der Waals surface area contributed by atoms with Crippen molar-refractivity contribution in [3.8, 4) is 5.75 Å². The highest BCUT2D eigenvalue weighted by molar-refractivity contribution is 5.32. The number of nitrogens with zero attached hydrogens (tertiary/aromatic N) is 6. The van der Waals surface area contributed by atoms with Crippen LogP contribution in [-0.2, 0) is 0 Å². The van der Waals surface area contributed by atoms with Crippen LogP contribution >= 0.6 is 0 Å². The number of methoxy groups -OCH3 is 1. The molecule has 7 nitrogen and oxygen atoms in total. The van der Waals surface area contributed by atoms with Crippen molar-refractivity contribution in [3.05, 3.63) is 35.7 Å². The van der Waals surface area contributed by atoms with E-state index in [0.717, 1.165) is 43.8 Å². The molecule has 2 aromatic rings. The summed E-state index contributed by atoms with van der Waals surface area (Å²) >= 11 is 0. The van der Waals surface area contributed by atoms with Crippen molar-refractivity contribution in [2.75, 3.05) is 33.3 Å². The highest BCUT2D eigenvalue weighted by Gasteiger charge is 2.34. The molecule has 1 aromatic carbocycles. The number of aromatic nitrogens is 4. The Bertz CT molecular complexity index is 801. The molecule has 0 N–H and O–H groups in total. The van der Waals surface area contributed by atoms with Crippen molar-refractivity contribution >= 4 is 0 Å². The minimum atomic E-state index is 0.0947. The van der Waals surface area contributed by atoms with E-state index in [0.29, 0.717) is 6.04 Å². The zero-order chi connectivity index (χ0) is 20.3. The smallest absolute Gasteiger partial charge is 0.173 e. The van der Waals surface area contributed by atoms with Crippen molar-refractivity contribution < 1.29 is 4.74 Å². The Morgan fingerprint density at radius 3 is 2.13 bits per heavy atom. The fourth-order valence-corrected chi connectivity index (χ4v) is 5.73. The van der Waals surface area contributed by atoms with Gasteiger partial charge in [-0.2, -0.15) is 0 Å². The lowest BCUT2D eigenvalue weighted by Gasteiger charge is -2.41. The maximum Gasteiger partial charge on any atom is 0.173 e. The van der Waals surface area contributed by atoms with Crippen molar-refractivity contribution in [3.63, 3.8) is 0 Å². The van der Waals surface area contributed by atoms with Gasteiger partial charge in [-0.25, -0.2) is 4.68 Å². The van der Waals surface area contributed by atoms with Crippen LogP contribution in [0.3, 0.4) is 0 Å². The zero-order valence-corrected chi connectivity index (χ0v) is 18.1. The minimum Gasteiger partial charge on any atom is -0.497 e. The molecule has 1 atom stereocenters. The van der Waals surface area contributed by atoms with E-state index in [1.807, 2.05) is 0 Å². The fourth-order valence-electron chi connectivity index (χ4n) is 5.73. The first kappa shape index (κ1) is 19.9.